The van der Waals surface area contributed by atoms with Crippen LogP contribution >= 0.6 is 0 Å². The van der Waals surface area contributed by atoms with E-state index in [1.54, 1.807) is 0 Å². The number of methoxy groups -OCH3 is 1. The quantitative estimate of drug-likeness (QED) is 0.683. The summed E-state index contributed by atoms with van der Waals surface area (Å²) in [5, 5.41) is 0. The largest absolute Gasteiger partial charge is 0.464 e. The Morgan fingerprint density at radius 2 is 2.05 bits per heavy atom. The predicted molar refractivity (Wildman–Crippen MR) is 53.4 cm³/mol. The molecule has 0 aliphatic rings. The van der Waals surface area contributed by atoms with E-state index < -0.39 is 47.6 Å². The minimum absolute atomic E-state index is 0.521. The first-order valence-corrected chi connectivity index (χ1v) is 4.89. The fraction of sp³-hybridized carbons (Fsp3) is 0.400. The number of aromatic nitrogens is 1. The molecule has 0 fully saturated rings. The van der Waals surface area contributed by atoms with Gasteiger partial charge in [-0.1, -0.05) is 0 Å². The molecule has 1 aromatic heterocycles. The number of rotatable bonds is 3. The number of nitrogens with zero attached hydrogens (tertiary/aromatic N) is 1. The van der Waals surface area contributed by atoms with Crippen molar-refractivity contribution in [2.45, 2.75) is 19.1 Å². The lowest BCUT2D eigenvalue weighted by molar-refractivity contribution is -0.141. The van der Waals surface area contributed by atoms with Gasteiger partial charge >= 0.3 is 12.1 Å². The second-order valence-electron chi connectivity index (χ2n) is 3.43. The summed E-state index contributed by atoms with van der Waals surface area (Å²) in [6.45, 7) is -0.636. The number of esters is 1. The van der Waals surface area contributed by atoms with Crippen LogP contribution in [0.3, 0.4) is 0 Å². The number of carbonyl (C=O) groups is 1. The lowest BCUT2D eigenvalue weighted by Crippen LogP contribution is -2.20. The van der Waals surface area contributed by atoms with E-state index in [4.69, 9.17) is 5.73 Å². The molecule has 2 N–H and O–H groups in total. The van der Waals surface area contributed by atoms with Crippen LogP contribution < -0.4 is 5.73 Å². The average molecular weight is 284 g/mol. The number of hydrogen-bond donors (Lipinski definition) is 1. The number of halogens is 5. The lowest BCUT2D eigenvalue weighted by Gasteiger charge is -2.14. The van der Waals surface area contributed by atoms with Gasteiger partial charge in [0, 0.05) is 6.54 Å². The van der Waals surface area contributed by atoms with Gasteiger partial charge < -0.3 is 10.5 Å². The summed E-state index contributed by atoms with van der Waals surface area (Å²) >= 11 is 0. The number of alkyl halides is 5. The Labute approximate surface area is 104 Å². The molecule has 0 aliphatic heterocycles. The molecular weight excluding hydrogens is 275 g/mol. The molecule has 1 rings (SSSR count). The summed E-state index contributed by atoms with van der Waals surface area (Å²) in [6.07, 6.45) is -8.08. The normalized spacial score (nSPS) is 11.8. The second kappa shape index (κ2) is 5.47. The van der Waals surface area contributed by atoms with Crippen LogP contribution in [0.15, 0.2) is 6.07 Å². The molecule has 0 aliphatic carbocycles. The fourth-order valence-electron chi connectivity index (χ4n) is 1.40. The Kier molecular flexibility index (Phi) is 4.40. The van der Waals surface area contributed by atoms with Gasteiger partial charge in [-0.2, -0.15) is 13.2 Å². The van der Waals surface area contributed by atoms with Gasteiger partial charge in [0.1, 0.15) is 5.69 Å². The number of pyridine rings is 1. The molecule has 0 atom stereocenters. The summed E-state index contributed by atoms with van der Waals surface area (Å²) in [5.41, 5.74) is 0.974. The van der Waals surface area contributed by atoms with Gasteiger partial charge in [-0.3, -0.25) is 0 Å². The first-order chi connectivity index (χ1) is 8.72. The molecule has 4 nitrogen and oxygen atoms in total. The lowest BCUT2D eigenvalue weighted by atomic mass is 10.1. The molecule has 0 radical (unpaired) electrons. The average Bonchev–Trinajstić information content (AvgIpc) is 2.34. The van der Waals surface area contributed by atoms with Gasteiger partial charge in [0.05, 0.1) is 12.7 Å². The number of carbonyl (C=O) groups excluding carboxylic acids is 1. The third kappa shape index (κ3) is 3.16. The van der Waals surface area contributed by atoms with Crippen molar-refractivity contribution in [3.05, 3.63) is 28.6 Å². The first-order valence-electron chi connectivity index (χ1n) is 4.89. The zero-order valence-electron chi connectivity index (χ0n) is 9.59. The highest BCUT2D eigenvalue weighted by atomic mass is 19.4. The highest BCUT2D eigenvalue weighted by Gasteiger charge is 2.37. The van der Waals surface area contributed by atoms with Crippen molar-refractivity contribution in [1.29, 1.82) is 0 Å². The molecule has 0 amide bonds. The predicted octanol–water partition coefficient (Wildman–Crippen LogP) is 2.28. The van der Waals surface area contributed by atoms with E-state index in [2.05, 4.69) is 9.72 Å². The third-order valence-corrected chi connectivity index (χ3v) is 2.23. The Hall–Kier alpha value is -1.77. The van der Waals surface area contributed by atoms with E-state index in [0.29, 0.717) is 6.07 Å². The Morgan fingerprint density at radius 3 is 2.42 bits per heavy atom. The minimum Gasteiger partial charge on any atom is -0.464 e. The zero-order chi connectivity index (χ0) is 14.8. The molecular formula is C10H9F5N2O2. The Morgan fingerprint density at radius 1 is 1.47 bits per heavy atom. The van der Waals surface area contributed by atoms with Crippen molar-refractivity contribution in [3.8, 4) is 0 Å². The number of ether oxygens (including phenoxy) is 1. The van der Waals surface area contributed by atoms with Crippen LogP contribution in [-0.2, 0) is 17.5 Å². The molecule has 1 aromatic rings. The van der Waals surface area contributed by atoms with Crippen LogP contribution in [-0.4, -0.2) is 18.1 Å². The standard InChI is InChI=1S/C10H9F5N2O2/c1-19-9(18)6-5(8(11)12)2-4(3-16)7(17-6)10(13,14)15/h2,8H,3,16H2,1H3. The molecule has 0 unspecified atom stereocenters. The highest BCUT2D eigenvalue weighted by molar-refractivity contribution is 5.89. The fourth-order valence-corrected chi connectivity index (χ4v) is 1.40. The van der Waals surface area contributed by atoms with Crippen molar-refractivity contribution in [2.75, 3.05) is 7.11 Å². The summed E-state index contributed by atoms with van der Waals surface area (Å²) in [4.78, 5) is 14.1. The van der Waals surface area contributed by atoms with Gasteiger partial charge in [0.15, 0.2) is 5.69 Å². The van der Waals surface area contributed by atoms with E-state index in [1.807, 2.05) is 0 Å². The van der Waals surface area contributed by atoms with Crippen molar-refractivity contribution < 1.29 is 31.5 Å². The molecule has 0 aromatic carbocycles. The molecule has 0 saturated heterocycles. The highest BCUT2D eigenvalue weighted by Crippen LogP contribution is 2.33. The van der Waals surface area contributed by atoms with Crippen LogP contribution in [0.5, 0.6) is 0 Å². The van der Waals surface area contributed by atoms with Crippen molar-refractivity contribution >= 4 is 5.97 Å². The van der Waals surface area contributed by atoms with Crippen LogP contribution in [0.2, 0.25) is 0 Å². The van der Waals surface area contributed by atoms with Gasteiger partial charge in [-0.25, -0.2) is 18.6 Å². The first kappa shape index (κ1) is 15.3. The maximum atomic E-state index is 12.7. The van der Waals surface area contributed by atoms with Crippen LogP contribution in [0.1, 0.15) is 33.7 Å². The van der Waals surface area contributed by atoms with E-state index in [9.17, 15) is 26.7 Å². The third-order valence-electron chi connectivity index (χ3n) is 2.23. The van der Waals surface area contributed by atoms with Gasteiger partial charge in [0.2, 0.25) is 0 Å². The van der Waals surface area contributed by atoms with Crippen LogP contribution in [0, 0.1) is 0 Å². The zero-order valence-corrected chi connectivity index (χ0v) is 9.59. The molecule has 106 valence electrons. The van der Waals surface area contributed by atoms with E-state index in [-0.39, 0.29) is 0 Å². The minimum atomic E-state index is -4.90. The topological polar surface area (TPSA) is 65.2 Å². The summed E-state index contributed by atoms with van der Waals surface area (Å²) in [6, 6.07) is 0.521. The molecule has 0 saturated carbocycles. The van der Waals surface area contributed by atoms with E-state index in [0.717, 1.165) is 7.11 Å². The van der Waals surface area contributed by atoms with Crippen LogP contribution in [0.4, 0.5) is 22.0 Å². The molecule has 19 heavy (non-hydrogen) atoms. The maximum absolute atomic E-state index is 12.7. The van der Waals surface area contributed by atoms with Crippen molar-refractivity contribution in [3.63, 3.8) is 0 Å². The molecule has 9 heteroatoms. The molecule has 0 bridgehead atoms. The SMILES string of the molecule is COC(=O)c1nc(C(F)(F)F)c(CN)cc1C(F)F. The van der Waals surface area contributed by atoms with Gasteiger partial charge in [-0.05, 0) is 11.6 Å². The van der Waals surface area contributed by atoms with Gasteiger partial charge in [-0.15, -0.1) is 0 Å². The Balaban J connectivity index is 3.57. The molecule has 0 spiro atoms. The number of hydrogen-bond acceptors (Lipinski definition) is 4. The smallest absolute Gasteiger partial charge is 0.433 e. The van der Waals surface area contributed by atoms with Crippen LogP contribution in [0.25, 0.3) is 0 Å². The summed E-state index contributed by atoms with van der Waals surface area (Å²) in [7, 11) is 0.851. The second-order valence-corrected chi connectivity index (χ2v) is 3.43. The maximum Gasteiger partial charge on any atom is 0.433 e. The monoisotopic (exact) mass is 284 g/mol. The van der Waals surface area contributed by atoms with Crippen molar-refractivity contribution in [2.24, 2.45) is 5.73 Å². The van der Waals surface area contributed by atoms with E-state index >= 15 is 0 Å². The molecule has 1 heterocycles. The Bertz CT molecular complexity index is 488. The van der Waals surface area contributed by atoms with Gasteiger partial charge in [0.25, 0.3) is 6.43 Å². The van der Waals surface area contributed by atoms with Crippen molar-refractivity contribution in [1.82, 2.24) is 4.98 Å². The van der Waals surface area contributed by atoms with E-state index in [1.165, 1.54) is 0 Å². The summed E-state index contributed by atoms with van der Waals surface area (Å²) in [5.74, 6) is -1.37. The number of nitrogens with two attached hydrogens (primary N) is 1. The summed E-state index contributed by atoms with van der Waals surface area (Å²) < 4.78 is 67.5.